The van der Waals surface area contributed by atoms with Crippen molar-refractivity contribution < 1.29 is 9.90 Å². The minimum absolute atomic E-state index is 0.111. The van der Waals surface area contributed by atoms with Crippen molar-refractivity contribution in [1.82, 2.24) is 29.8 Å². The van der Waals surface area contributed by atoms with Gasteiger partial charge in [-0.1, -0.05) is 13.8 Å². The molecule has 9 heteroatoms. The van der Waals surface area contributed by atoms with Crippen molar-refractivity contribution >= 4 is 33.1 Å². The summed E-state index contributed by atoms with van der Waals surface area (Å²) in [7, 11) is 0. The molecule has 3 aliphatic rings. The highest BCUT2D eigenvalue weighted by atomic mass is 32.1. The largest absolute Gasteiger partial charge is 0.393 e. The molecule has 3 N–H and O–H groups in total. The quantitative estimate of drug-likeness (QED) is 0.323. The Bertz CT molecular complexity index is 1590. The molecule has 2 unspecified atom stereocenters. The summed E-state index contributed by atoms with van der Waals surface area (Å²) in [5, 5.41) is 18.4. The van der Waals surface area contributed by atoms with E-state index in [9.17, 15) is 9.90 Å². The first-order valence-electron chi connectivity index (χ1n) is 14.4. The number of nitrogens with zero attached hydrogens (tertiary/aromatic N) is 4. The number of aliphatic hydroxyl groups is 1. The number of rotatable bonds is 6. The molecule has 0 radical (unpaired) electrons. The highest BCUT2D eigenvalue weighted by Gasteiger charge is 2.47. The zero-order valence-electron chi connectivity index (χ0n) is 23.4. The molecule has 39 heavy (non-hydrogen) atoms. The van der Waals surface area contributed by atoms with Crippen LogP contribution in [0.15, 0.2) is 12.5 Å². The number of amides is 1. The number of aryl methyl sites for hydroxylation is 2. The van der Waals surface area contributed by atoms with Gasteiger partial charge in [0.05, 0.1) is 18.3 Å². The summed E-state index contributed by atoms with van der Waals surface area (Å²) in [6.07, 6.45) is 7.21. The molecule has 2 aliphatic carbocycles. The average Bonchev–Trinajstić information content (AvgIpc) is 3.67. The second-order valence-electron chi connectivity index (χ2n) is 12.5. The summed E-state index contributed by atoms with van der Waals surface area (Å²) in [5.74, 6) is 1.67. The molecule has 4 aromatic heterocycles. The molecule has 206 valence electrons. The Morgan fingerprint density at radius 1 is 1.18 bits per heavy atom. The number of carbonyl (C=O) groups is 1. The van der Waals surface area contributed by atoms with Gasteiger partial charge in [0.25, 0.3) is 0 Å². The van der Waals surface area contributed by atoms with Crippen LogP contribution in [-0.4, -0.2) is 66.8 Å². The fourth-order valence-electron chi connectivity index (χ4n) is 7.57. The predicted octanol–water partition coefficient (Wildman–Crippen LogP) is 4.81. The molecule has 3 atom stereocenters. The topological polar surface area (TPSA) is 98.5 Å². The molecule has 5 heterocycles. The van der Waals surface area contributed by atoms with E-state index >= 15 is 0 Å². The Morgan fingerprint density at radius 3 is 2.67 bits per heavy atom. The fraction of sp³-hybridized carbons (Fsp3) is 0.567. The lowest BCUT2D eigenvalue weighted by molar-refractivity contribution is -0.124. The Balaban J connectivity index is 1.16. The van der Waals surface area contributed by atoms with Crippen molar-refractivity contribution in [2.45, 2.75) is 90.3 Å². The smallest absolute Gasteiger partial charge is 0.234 e. The van der Waals surface area contributed by atoms with E-state index in [1.807, 2.05) is 15.9 Å². The van der Waals surface area contributed by atoms with E-state index < -0.39 is 0 Å². The monoisotopic (exact) mass is 546 g/mol. The van der Waals surface area contributed by atoms with E-state index in [1.54, 1.807) is 6.33 Å². The van der Waals surface area contributed by atoms with Gasteiger partial charge in [0, 0.05) is 40.7 Å². The number of aromatic amines is 1. The van der Waals surface area contributed by atoms with Gasteiger partial charge in [0.2, 0.25) is 5.91 Å². The van der Waals surface area contributed by atoms with Gasteiger partial charge in [-0.15, -0.1) is 11.3 Å². The SMILES string of the molecule is Cc1c(-c2[nH]c3sc([C@@H]4CC5CC4CN5CC(=O)N[C@H]4C[C@@H](O)C4)c(C)c3c2C(C)C)cn2ncnc2c1C. The van der Waals surface area contributed by atoms with E-state index in [1.165, 1.54) is 55.0 Å². The first-order chi connectivity index (χ1) is 18.7. The van der Waals surface area contributed by atoms with Crippen LogP contribution in [0, 0.1) is 26.7 Å². The number of fused-ring (bicyclic) bond motifs is 4. The van der Waals surface area contributed by atoms with E-state index in [4.69, 9.17) is 0 Å². The second-order valence-corrected chi connectivity index (χ2v) is 13.5. The van der Waals surface area contributed by atoms with E-state index in [0.717, 1.165) is 18.6 Å². The van der Waals surface area contributed by atoms with Crippen LogP contribution in [-0.2, 0) is 4.79 Å². The minimum atomic E-state index is -0.239. The molecular weight excluding hydrogens is 508 g/mol. The van der Waals surface area contributed by atoms with Crippen molar-refractivity contribution in [2.24, 2.45) is 5.92 Å². The zero-order valence-corrected chi connectivity index (χ0v) is 24.2. The number of hydrogen-bond donors (Lipinski definition) is 3. The van der Waals surface area contributed by atoms with Crippen LogP contribution < -0.4 is 5.32 Å². The third kappa shape index (κ3) is 3.96. The van der Waals surface area contributed by atoms with Gasteiger partial charge >= 0.3 is 0 Å². The standard InChI is InChI=1S/C30H38N6O2S/c1-14(2)25-26-17(5)28(22-9-20-6-18(22)10-35(20)12-24(38)33-19-7-21(37)8-19)39-30(26)34-27(25)23-11-36-29(31-13-32-36)16(4)15(23)3/h11,13-14,18-22,34,37H,6-10,12H2,1-5H3,(H,33,38)/t18?,19-,20?,21+,22-/m1/s1. The van der Waals surface area contributed by atoms with Gasteiger partial charge in [0.1, 0.15) is 11.2 Å². The summed E-state index contributed by atoms with van der Waals surface area (Å²) in [6, 6.07) is 0.639. The summed E-state index contributed by atoms with van der Waals surface area (Å²) < 4.78 is 1.89. The third-order valence-electron chi connectivity index (χ3n) is 9.75. The van der Waals surface area contributed by atoms with Gasteiger partial charge in [-0.25, -0.2) is 9.50 Å². The number of nitrogens with one attached hydrogen (secondary N) is 2. The van der Waals surface area contributed by atoms with Crippen LogP contribution in [0.1, 0.15) is 78.5 Å². The Labute approximate surface area is 232 Å². The number of aliphatic hydroxyl groups excluding tert-OH is 1. The highest BCUT2D eigenvalue weighted by Crippen LogP contribution is 2.53. The molecular formula is C30H38N6O2S. The van der Waals surface area contributed by atoms with Gasteiger partial charge in [-0.3, -0.25) is 9.69 Å². The van der Waals surface area contributed by atoms with E-state index in [-0.39, 0.29) is 18.1 Å². The minimum Gasteiger partial charge on any atom is -0.393 e. The highest BCUT2D eigenvalue weighted by molar-refractivity contribution is 7.19. The first-order valence-corrected chi connectivity index (χ1v) is 15.2. The molecule has 4 aromatic rings. The number of H-pyrrole nitrogens is 1. The van der Waals surface area contributed by atoms with Crippen LogP contribution in [0.4, 0.5) is 0 Å². The molecule has 1 amide bonds. The molecule has 7 rings (SSSR count). The van der Waals surface area contributed by atoms with E-state index in [0.29, 0.717) is 43.2 Å². The van der Waals surface area contributed by atoms with Crippen LogP contribution in [0.3, 0.4) is 0 Å². The van der Waals surface area contributed by atoms with Gasteiger partial charge < -0.3 is 15.4 Å². The summed E-state index contributed by atoms with van der Waals surface area (Å²) in [6.45, 7) is 12.7. The Morgan fingerprint density at radius 2 is 1.97 bits per heavy atom. The number of aromatic nitrogens is 4. The van der Waals surface area contributed by atoms with Gasteiger partial charge in [0.15, 0.2) is 5.65 Å². The maximum atomic E-state index is 12.6. The summed E-state index contributed by atoms with van der Waals surface area (Å²) in [4.78, 5) is 26.1. The first kappa shape index (κ1) is 25.2. The second kappa shape index (κ2) is 9.14. The molecule has 0 spiro atoms. The van der Waals surface area contributed by atoms with Crippen LogP contribution in [0.25, 0.3) is 27.1 Å². The molecule has 2 saturated carbocycles. The number of thiophene rings is 1. The maximum Gasteiger partial charge on any atom is 0.234 e. The predicted molar refractivity (Wildman–Crippen MR) is 154 cm³/mol. The van der Waals surface area contributed by atoms with Crippen LogP contribution in [0.2, 0.25) is 0 Å². The Kier molecular flexibility index (Phi) is 5.92. The lowest BCUT2D eigenvalue weighted by atomic mass is 9.88. The Hall–Kier alpha value is -2.75. The summed E-state index contributed by atoms with van der Waals surface area (Å²) in [5.41, 5.74) is 8.57. The maximum absolute atomic E-state index is 12.6. The number of pyridine rings is 1. The van der Waals surface area contributed by atoms with Crippen molar-refractivity contribution in [2.75, 3.05) is 13.1 Å². The molecule has 1 aliphatic heterocycles. The molecule has 3 fully saturated rings. The number of carbonyl (C=O) groups excluding carboxylic acids is 1. The fourth-order valence-corrected chi connectivity index (χ4v) is 9.00. The number of hydrogen-bond acceptors (Lipinski definition) is 6. The number of piperidine rings is 1. The van der Waals surface area contributed by atoms with Crippen molar-refractivity contribution in [3.8, 4) is 11.3 Å². The zero-order chi connectivity index (χ0) is 27.2. The lowest BCUT2D eigenvalue weighted by Gasteiger charge is -2.34. The lowest BCUT2D eigenvalue weighted by Crippen LogP contribution is -2.50. The summed E-state index contributed by atoms with van der Waals surface area (Å²) >= 11 is 1.95. The van der Waals surface area contributed by atoms with Crippen molar-refractivity contribution in [1.29, 1.82) is 0 Å². The van der Waals surface area contributed by atoms with Crippen LogP contribution >= 0.6 is 11.3 Å². The molecule has 1 saturated heterocycles. The molecule has 2 bridgehead atoms. The number of likely N-dealkylation sites (tertiary alicyclic amines) is 1. The molecule has 0 aromatic carbocycles. The van der Waals surface area contributed by atoms with Gasteiger partial charge in [-0.05, 0) is 86.5 Å². The van der Waals surface area contributed by atoms with Crippen molar-refractivity contribution in [3.63, 3.8) is 0 Å². The van der Waals surface area contributed by atoms with Gasteiger partial charge in [-0.2, -0.15) is 5.10 Å². The van der Waals surface area contributed by atoms with Crippen LogP contribution in [0.5, 0.6) is 0 Å². The van der Waals surface area contributed by atoms with E-state index in [2.05, 4.69) is 66.1 Å². The average molecular weight is 547 g/mol. The third-order valence-corrected chi connectivity index (χ3v) is 11.1. The molecule has 8 nitrogen and oxygen atoms in total. The van der Waals surface area contributed by atoms with Crippen molar-refractivity contribution in [3.05, 3.63) is 39.7 Å². The normalized spacial score (nSPS) is 26.8.